The average Bonchev–Trinajstić information content (AvgIpc) is 2.23. The quantitative estimate of drug-likeness (QED) is 0.430. The summed E-state index contributed by atoms with van der Waals surface area (Å²) in [6.07, 6.45) is -4.09. The van der Waals surface area contributed by atoms with Crippen LogP contribution in [0.5, 0.6) is 0 Å². The van der Waals surface area contributed by atoms with Crippen LogP contribution < -0.4 is 5.32 Å². The number of rotatable bonds is 6. The zero-order chi connectivity index (χ0) is 12.8. The third kappa shape index (κ3) is 4.45. The Bertz CT molecular complexity index is 258. The zero-order valence-corrected chi connectivity index (χ0v) is 8.44. The maximum absolute atomic E-state index is 12.3. The summed E-state index contributed by atoms with van der Waals surface area (Å²) in [6.45, 7) is -0.295. The molecule has 0 aromatic rings. The van der Waals surface area contributed by atoms with E-state index in [1.807, 2.05) is 0 Å². The van der Waals surface area contributed by atoms with Crippen molar-refractivity contribution in [3.8, 4) is 0 Å². The molecule has 94 valence electrons. The summed E-state index contributed by atoms with van der Waals surface area (Å²) in [4.78, 5) is 21.1. The van der Waals surface area contributed by atoms with E-state index >= 15 is 0 Å². The SMILES string of the molecule is COC(=O)CCCNC(=O)C(F)(F)C(F)F. The molecule has 0 aromatic heterocycles. The van der Waals surface area contributed by atoms with E-state index in [1.165, 1.54) is 0 Å². The minimum absolute atomic E-state index is 0.0394. The van der Waals surface area contributed by atoms with Crippen molar-refractivity contribution >= 4 is 11.9 Å². The van der Waals surface area contributed by atoms with Crippen LogP contribution in [0.2, 0.25) is 0 Å². The molecule has 0 aliphatic carbocycles. The fraction of sp³-hybridized carbons (Fsp3) is 0.750. The summed E-state index contributed by atoms with van der Waals surface area (Å²) in [5, 5.41) is 1.61. The predicted octanol–water partition coefficient (Wildman–Crippen LogP) is 0.956. The molecule has 8 heteroatoms. The van der Waals surface area contributed by atoms with Crippen LogP contribution >= 0.6 is 0 Å². The fourth-order valence-electron chi connectivity index (χ4n) is 0.754. The highest BCUT2D eigenvalue weighted by atomic mass is 19.3. The first-order chi connectivity index (χ1) is 7.32. The van der Waals surface area contributed by atoms with E-state index in [2.05, 4.69) is 4.74 Å². The third-order valence-corrected chi connectivity index (χ3v) is 1.65. The van der Waals surface area contributed by atoms with Crippen molar-refractivity contribution in [3.63, 3.8) is 0 Å². The molecule has 16 heavy (non-hydrogen) atoms. The van der Waals surface area contributed by atoms with Gasteiger partial charge >= 0.3 is 18.3 Å². The monoisotopic (exact) mass is 245 g/mol. The van der Waals surface area contributed by atoms with E-state index in [0.717, 1.165) is 7.11 Å². The molecule has 0 rings (SSSR count). The van der Waals surface area contributed by atoms with E-state index in [4.69, 9.17) is 0 Å². The molecule has 1 N–H and O–H groups in total. The van der Waals surface area contributed by atoms with Crippen LogP contribution in [-0.4, -0.2) is 37.9 Å². The molecule has 0 aliphatic heterocycles. The first-order valence-corrected chi connectivity index (χ1v) is 4.33. The molecule has 0 heterocycles. The van der Waals surface area contributed by atoms with E-state index in [-0.39, 0.29) is 19.4 Å². The number of methoxy groups -OCH3 is 1. The molecule has 0 fully saturated rings. The Morgan fingerprint density at radius 2 is 1.94 bits per heavy atom. The Morgan fingerprint density at radius 3 is 2.38 bits per heavy atom. The Morgan fingerprint density at radius 1 is 1.38 bits per heavy atom. The van der Waals surface area contributed by atoms with E-state index in [0.29, 0.717) is 0 Å². The van der Waals surface area contributed by atoms with E-state index in [9.17, 15) is 27.2 Å². The number of hydrogen-bond acceptors (Lipinski definition) is 3. The molecule has 0 aromatic carbocycles. The molecule has 0 radical (unpaired) electrons. The lowest BCUT2D eigenvalue weighted by molar-refractivity contribution is -0.169. The van der Waals surface area contributed by atoms with Gasteiger partial charge in [-0.15, -0.1) is 0 Å². The topological polar surface area (TPSA) is 55.4 Å². The Kier molecular flexibility index (Phi) is 5.76. The molecule has 0 atom stereocenters. The Balaban J connectivity index is 3.86. The van der Waals surface area contributed by atoms with Crippen molar-refractivity contribution in [2.24, 2.45) is 0 Å². The van der Waals surface area contributed by atoms with Gasteiger partial charge in [0, 0.05) is 13.0 Å². The second kappa shape index (κ2) is 6.29. The Labute approximate surface area is 88.9 Å². The lowest BCUT2D eigenvalue weighted by Gasteiger charge is -2.14. The normalized spacial score (nSPS) is 11.4. The second-order valence-electron chi connectivity index (χ2n) is 2.86. The van der Waals surface area contributed by atoms with Gasteiger partial charge in [-0.1, -0.05) is 0 Å². The summed E-state index contributed by atoms with van der Waals surface area (Å²) in [6, 6.07) is 0. The number of ether oxygens (including phenoxy) is 1. The van der Waals surface area contributed by atoms with Crippen LogP contribution in [0.15, 0.2) is 0 Å². The van der Waals surface area contributed by atoms with E-state index in [1.54, 1.807) is 5.32 Å². The summed E-state index contributed by atoms with van der Waals surface area (Å²) < 4.78 is 52.3. The molecular formula is C8H11F4NO3. The molecule has 4 nitrogen and oxygen atoms in total. The number of esters is 1. The Hall–Kier alpha value is -1.34. The molecule has 0 unspecified atom stereocenters. The van der Waals surface area contributed by atoms with Crippen molar-refractivity contribution < 1.29 is 31.9 Å². The standard InChI is InChI=1S/C8H11F4NO3/c1-16-5(14)3-2-4-13-7(15)8(11,12)6(9)10/h6H,2-4H2,1H3,(H,13,15). The van der Waals surface area contributed by atoms with Gasteiger partial charge in [0.05, 0.1) is 7.11 Å². The van der Waals surface area contributed by atoms with Crippen molar-refractivity contribution in [1.82, 2.24) is 5.32 Å². The van der Waals surface area contributed by atoms with Gasteiger partial charge in [0.25, 0.3) is 5.91 Å². The smallest absolute Gasteiger partial charge is 0.383 e. The van der Waals surface area contributed by atoms with Crippen molar-refractivity contribution in [2.45, 2.75) is 25.2 Å². The molecule has 1 amide bonds. The van der Waals surface area contributed by atoms with Crippen LogP contribution in [0.4, 0.5) is 17.6 Å². The lowest BCUT2D eigenvalue weighted by Crippen LogP contribution is -2.45. The summed E-state index contributed by atoms with van der Waals surface area (Å²) in [7, 11) is 1.14. The number of alkyl halides is 4. The lowest BCUT2D eigenvalue weighted by atomic mass is 10.3. The largest absolute Gasteiger partial charge is 0.469 e. The molecule has 0 spiro atoms. The second-order valence-corrected chi connectivity index (χ2v) is 2.86. The molecule has 0 saturated carbocycles. The fourth-order valence-corrected chi connectivity index (χ4v) is 0.754. The maximum Gasteiger partial charge on any atom is 0.383 e. The van der Waals surface area contributed by atoms with Gasteiger partial charge in [0.15, 0.2) is 0 Å². The summed E-state index contributed by atoms with van der Waals surface area (Å²) >= 11 is 0. The minimum atomic E-state index is -4.70. The third-order valence-electron chi connectivity index (χ3n) is 1.65. The summed E-state index contributed by atoms with van der Waals surface area (Å²) in [5.41, 5.74) is 0. The van der Waals surface area contributed by atoms with Crippen LogP contribution in [0.3, 0.4) is 0 Å². The first-order valence-electron chi connectivity index (χ1n) is 4.33. The predicted molar refractivity (Wildman–Crippen MR) is 45.2 cm³/mol. The number of carbonyl (C=O) groups excluding carboxylic acids is 2. The van der Waals surface area contributed by atoms with Gasteiger partial charge in [0.2, 0.25) is 0 Å². The molecule has 0 bridgehead atoms. The van der Waals surface area contributed by atoms with Crippen molar-refractivity contribution in [2.75, 3.05) is 13.7 Å². The molecule has 0 saturated heterocycles. The van der Waals surface area contributed by atoms with Gasteiger partial charge in [-0.25, -0.2) is 8.78 Å². The average molecular weight is 245 g/mol. The number of nitrogens with one attached hydrogen (secondary N) is 1. The van der Waals surface area contributed by atoms with Gasteiger partial charge in [-0.05, 0) is 6.42 Å². The highest BCUT2D eigenvalue weighted by molar-refractivity contribution is 5.83. The number of halogens is 4. The van der Waals surface area contributed by atoms with Gasteiger partial charge in [-0.3, -0.25) is 9.59 Å². The number of hydrogen-bond donors (Lipinski definition) is 1. The van der Waals surface area contributed by atoms with Crippen LogP contribution in [0.1, 0.15) is 12.8 Å². The van der Waals surface area contributed by atoms with Gasteiger partial charge in [0.1, 0.15) is 0 Å². The molecular weight excluding hydrogens is 234 g/mol. The van der Waals surface area contributed by atoms with Gasteiger partial charge < -0.3 is 10.1 Å². The zero-order valence-electron chi connectivity index (χ0n) is 8.44. The first kappa shape index (κ1) is 14.7. The minimum Gasteiger partial charge on any atom is -0.469 e. The maximum atomic E-state index is 12.3. The van der Waals surface area contributed by atoms with Crippen molar-refractivity contribution in [1.29, 1.82) is 0 Å². The highest BCUT2D eigenvalue weighted by Crippen LogP contribution is 2.22. The van der Waals surface area contributed by atoms with E-state index < -0.39 is 24.2 Å². The van der Waals surface area contributed by atoms with Crippen LogP contribution in [0.25, 0.3) is 0 Å². The number of amides is 1. The highest BCUT2D eigenvalue weighted by Gasteiger charge is 2.48. The molecule has 0 aliphatic rings. The summed E-state index contributed by atoms with van der Waals surface area (Å²) in [5.74, 6) is -7.33. The number of carbonyl (C=O) groups is 2. The van der Waals surface area contributed by atoms with Crippen LogP contribution in [-0.2, 0) is 14.3 Å². The van der Waals surface area contributed by atoms with Gasteiger partial charge in [-0.2, -0.15) is 8.78 Å². The van der Waals surface area contributed by atoms with Crippen LogP contribution in [0, 0.1) is 0 Å². The van der Waals surface area contributed by atoms with Crippen molar-refractivity contribution in [3.05, 3.63) is 0 Å².